The van der Waals surface area contributed by atoms with Crippen LogP contribution in [-0.4, -0.2) is 49.4 Å². The molecule has 5 heteroatoms. The number of hydrogen-bond acceptors (Lipinski definition) is 3. The molecule has 1 aliphatic heterocycles. The van der Waals surface area contributed by atoms with Crippen LogP contribution in [-0.2, 0) is 9.59 Å². The van der Waals surface area contributed by atoms with Crippen molar-refractivity contribution in [3.63, 3.8) is 0 Å². The normalized spacial score (nSPS) is 26.1. The third kappa shape index (κ3) is 4.00. The zero-order chi connectivity index (χ0) is 13.0. The van der Waals surface area contributed by atoms with Gasteiger partial charge >= 0.3 is 0 Å². The molecule has 5 nitrogen and oxygen atoms in total. The first-order chi connectivity index (χ1) is 7.91. The van der Waals surface area contributed by atoms with Crippen LogP contribution in [0.15, 0.2) is 0 Å². The first-order valence-corrected chi connectivity index (χ1v) is 6.16. The summed E-state index contributed by atoms with van der Waals surface area (Å²) >= 11 is 0. The van der Waals surface area contributed by atoms with Crippen molar-refractivity contribution in [2.75, 3.05) is 20.6 Å². The summed E-state index contributed by atoms with van der Waals surface area (Å²) in [5.74, 6) is -0.0370. The van der Waals surface area contributed by atoms with Gasteiger partial charge in [-0.25, -0.2) is 0 Å². The highest BCUT2D eigenvalue weighted by Crippen LogP contribution is 2.16. The van der Waals surface area contributed by atoms with E-state index in [4.69, 9.17) is 0 Å². The number of carbonyl (C=O) groups excluding carboxylic acids is 2. The summed E-state index contributed by atoms with van der Waals surface area (Å²) in [4.78, 5) is 25.1. The molecule has 1 aliphatic rings. The molecule has 0 aromatic carbocycles. The average molecular weight is 241 g/mol. The molecule has 17 heavy (non-hydrogen) atoms. The summed E-state index contributed by atoms with van der Waals surface area (Å²) in [6.45, 7) is 4.67. The molecule has 0 aromatic heterocycles. The monoisotopic (exact) mass is 241 g/mol. The van der Waals surface area contributed by atoms with Gasteiger partial charge in [0.25, 0.3) is 0 Å². The highest BCUT2D eigenvalue weighted by atomic mass is 16.2. The first-order valence-electron chi connectivity index (χ1n) is 6.16. The van der Waals surface area contributed by atoms with Crippen LogP contribution >= 0.6 is 0 Å². The standard InChI is InChI=1S/C12H23N3O2/c1-8-7-10(5-6-13-8)11(16)14-9(2)12(17)15(3)4/h8-10,13H,5-7H2,1-4H3,(H,14,16). The van der Waals surface area contributed by atoms with Crippen LogP contribution in [0.1, 0.15) is 26.7 Å². The van der Waals surface area contributed by atoms with Gasteiger partial charge in [-0.05, 0) is 33.2 Å². The van der Waals surface area contributed by atoms with Gasteiger partial charge in [-0.15, -0.1) is 0 Å². The largest absolute Gasteiger partial charge is 0.347 e. The van der Waals surface area contributed by atoms with Crippen molar-refractivity contribution < 1.29 is 9.59 Å². The lowest BCUT2D eigenvalue weighted by Gasteiger charge is -2.28. The molecule has 0 aromatic rings. The van der Waals surface area contributed by atoms with Crippen molar-refractivity contribution in [3.05, 3.63) is 0 Å². The van der Waals surface area contributed by atoms with E-state index >= 15 is 0 Å². The number of hydrogen-bond donors (Lipinski definition) is 2. The van der Waals surface area contributed by atoms with Crippen molar-refractivity contribution in [2.24, 2.45) is 5.92 Å². The van der Waals surface area contributed by atoms with E-state index in [0.717, 1.165) is 19.4 Å². The second-order valence-electron chi connectivity index (χ2n) is 5.04. The zero-order valence-electron chi connectivity index (χ0n) is 11.1. The topological polar surface area (TPSA) is 61.4 Å². The van der Waals surface area contributed by atoms with Crippen LogP contribution in [0.5, 0.6) is 0 Å². The third-order valence-electron chi connectivity index (χ3n) is 3.16. The number of nitrogens with zero attached hydrogens (tertiary/aromatic N) is 1. The molecule has 1 fully saturated rings. The molecule has 3 atom stereocenters. The smallest absolute Gasteiger partial charge is 0.244 e. The van der Waals surface area contributed by atoms with Crippen LogP contribution < -0.4 is 10.6 Å². The second kappa shape index (κ2) is 6.00. The fourth-order valence-electron chi connectivity index (χ4n) is 2.15. The van der Waals surface area contributed by atoms with Crippen molar-refractivity contribution in [1.82, 2.24) is 15.5 Å². The zero-order valence-corrected chi connectivity index (χ0v) is 11.1. The van der Waals surface area contributed by atoms with Crippen LogP contribution in [0.3, 0.4) is 0 Å². The lowest BCUT2D eigenvalue weighted by atomic mass is 9.92. The third-order valence-corrected chi connectivity index (χ3v) is 3.16. The van der Waals surface area contributed by atoms with Gasteiger partial charge in [-0.3, -0.25) is 9.59 Å². The number of likely N-dealkylation sites (N-methyl/N-ethyl adjacent to an activating group) is 1. The van der Waals surface area contributed by atoms with Crippen molar-refractivity contribution >= 4 is 11.8 Å². The predicted octanol–water partition coefficient (Wildman–Crippen LogP) is -0.0326. The molecule has 0 saturated carbocycles. The number of amides is 2. The molecular weight excluding hydrogens is 218 g/mol. The van der Waals surface area contributed by atoms with Crippen LogP contribution in [0.4, 0.5) is 0 Å². The maximum atomic E-state index is 12.0. The number of carbonyl (C=O) groups is 2. The SMILES string of the molecule is CC1CC(C(=O)NC(C)C(=O)N(C)C)CCN1. The minimum absolute atomic E-state index is 0.000972. The Kier molecular flexibility index (Phi) is 4.93. The molecule has 0 aliphatic carbocycles. The fraction of sp³-hybridized carbons (Fsp3) is 0.833. The molecule has 0 bridgehead atoms. The van der Waals surface area contributed by atoms with Crippen molar-refractivity contribution in [3.8, 4) is 0 Å². The maximum absolute atomic E-state index is 12.0. The molecule has 1 rings (SSSR count). The number of piperidine rings is 1. The van der Waals surface area contributed by atoms with Gasteiger partial charge in [0.05, 0.1) is 0 Å². The van der Waals surface area contributed by atoms with Gasteiger partial charge in [0.15, 0.2) is 0 Å². The average Bonchev–Trinajstić information content (AvgIpc) is 2.27. The van der Waals surface area contributed by atoms with E-state index in [2.05, 4.69) is 17.6 Å². The summed E-state index contributed by atoms with van der Waals surface area (Å²) in [5.41, 5.74) is 0. The summed E-state index contributed by atoms with van der Waals surface area (Å²) < 4.78 is 0. The summed E-state index contributed by atoms with van der Waals surface area (Å²) in [6.07, 6.45) is 1.69. The molecule has 2 amide bonds. The van der Waals surface area contributed by atoms with Gasteiger partial charge in [0.1, 0.15) is 6.04 Å². The number of rotatable bonds is 3. The molecule has 0 radical (unpaired) electrons. The Morgan fingerprint density at radius 3 is 2.59 bits per heavy atom. The second-order valence-corrected chi connectivity index (χ2v) is 5.04. The van der Waals surface area contributed by atoms with E-state index in [1.54, 1.807) is 21.0 Å². The van der Waals surface area contributed by atoms with E-state index in [1.165, 1.54) is 4.90 Å². The Labute approximate surface area is 103 Å². The van der Waals surface area contributed by atoms with Gasteiger partial charge < -0.3 is 15.5 Å². The maximum Gasteiger partial charge on any atom is 0.244 e. The molecule has 0 spiro atoms. The van der Waals surface area contributed by atoms with Crippen LogP contribution in [0.25, 0.3) is 0 Å². The minimum Gasteiger partial charge on any atom is -0.347 e. The van der Waals surface area contributed by atoms with E-state index in [0.29, 0.717) is 6.04 Å². The molecule has 1 heterocycles. The fourth-order valence-corrected chi connectivity index (χ4v) is 2.15. The quantitative estimate of drug-likeness (QED) is 0.729. The predicted molar refractivity (Wildman–Crippen MR) is 66.5 cm³/mol. The van der Waals surface area contributed by atoms with Gasteiger partial charge in [-0.2, -0.15) is 0 Å². The lowest BCUT2D eigenvalue weighted by molar-refractivity contribution is -0.135. The lowest BCUT2D eigenvalue weighted by Crippen LogP contribution is -2.49. The molecule has 3 unspecified atom stereocenters. The Hall–Kier alpha value is -1.10. The van der Waals surface area contributed by atoms with Gasteiger partial charge in [-0.1, -0.05) is 0 Å². The van der Waals surface area contributed by atoms with E-state index in [9.17, 15) is 9.59 Å². The van der Waals surface area contributed by atoms with Crippen molar-refractivity contribution in [1.29, 1.82) is 0 Å². The molecule has 2 N–H and O–H groups in total. The van der Waals surface area contributed by atoms with Crippen LogP contribution in [0, 0.1) is 5.92 Å². The highest BCUT2D eigenvalue weighted by Gasteiger charge is 2.27. The summed E-state index contributed by atoms with van der Waals surface area (Å²) in [6, 6.07) is -0.0675. The minimum atomic E-state index is -0.442. The van der Waals surface area contributed by atoms with Crippen molar-refractivity contribution in [2.45, 2.75) is 38.8 Å². The van der Waals surface area contributed by atoms with E-state index in [-0.39, 0.29) is 17.7 Å². The van der Waals surface area contributed by atoms with Gasteiger partial charge in [0.2, 0.25) is 11.8 Å². The first kappa shape index (κ1) is 14.0. The van der Waals surface area contributed by atoms with E-state index < -0.39 is 6.04 Å². The molecular formula is C12H23N3O2. The number of nitrogens with one attached hydrogen (secondary N) is 2. The summed E-state index contributed by atoms with van der Waals surface area (Å²) in [5, 5.41) is 6.10. The Balaban J connectivity index is 2.45. The summed E-state index contributed by atoms with van der Waals surface area (Å²) in [7, 11) is 3.38. The van der Waals surface area contributed by atoms with Gasteiger partial charge in [0, 0.05) is 26.1 Å². The Morgan fingerprint density at radius 2 is 2.06 bits per heavy atom. The Morgan fingerprint density at radius 1 is 1.41 bits per heavy atom. The Bertz CT molecular complexity index is 291. The highest BCUT2D eigenvalue weighted by molar-refractivity contribution is 5.88. The molecule has 1 saturated heterocycles. The van der Waals surface area contributed by atoms with E-state index in [1.807, 2.05) is 0 Å². The molecule has 98 valence electrons. The van der Waals surface area contributed by atoms with Crippen LogP contribution in [0.2, 0.25) is 0 Å².